The molecule has 0 aromatic carbocycles. The van der Waals surface area contributed by atoms with Crippen LogP contribution in [0.2, 0.25) is 0 Å². The molecule has 0 bridgehead atoms. The lowest BCUT2D eigenvalue weighted by molar-refractivity contribution is -0.143. The Morgan fingerprint density at radius 1 is 1.75 bits per heavy atom. The fourth-order valence-corrected chi connectivity index (χ4v) is 1.35. The Labute approximate surface area is 101 Å². The van der Waals surface area contributed by atoms with Gasteiger partial charge in [0.2, 0.25) is 0 Å². The lowest BCUT2D eigenvalue weighted by Gasteiger charge is -2.13. The maximum Gasteiger partial charge on any atom is 0.328 e. The second-order valence-corrected chi connectivity index (χ2v) is 3.81. The molecule has 0 amide bonds. The van der Waals surface area contributed by atoms with Gasteiger partial charge in [0, 0.05) is 0 Å². The first-order chi connectivity index (χ1) is 7.56. The number of aromatic nitrogens is 2. The van der Waals surface area contributed by atoms with E-state index in [1.54, 1.807) is 13.8 Å². The zero-order valence-corrected chi connectivity index (χ0v) is 10.5. The number of aromatic amines is 1. The summed E-state index contributed by atoms with van der Waals surface area (Å²) >= 11 is 3.08. The Balaban J connectivity index is 2.77. The molecule has 0 saturated heterocycles. The molecule has 0 fully saturated rings. The van der Waals surface area contributed by atoms with Crippen molar-refractivity contribution in [1.29, 1.82) is 0 Å². The monoisotopic (exact) mass is 289 g/mol. The fourth-order valence-electron chi connectivity index (χ4n) is 1.01. The van der Waals surface area contributed by atoms with Crippen LogP contribution in [0.25, 0.3) is 0 Å². The maximum absolute atomic E-state index is 11.3. The summed E-state index contributed by atoms with van der Waals surface area (Å²) in [5.41, 5.74) is -0.312. The van der Waals surface area contributed by atoms with Crippen LogP contribution in [0.4, 0.5) is 5.82 Å². The summed E-state index contributed by atoms with van der Waals surface area (Å²) in [6, 6.07) is -0.564. The summed E-state index contributed by atoms with van der Waals surface area (Å²) in [6.45, 7) is 3.67. The maximum atomic E-state index is 11.3. The fraction of sp³-hybridized carbons (Fsp3) is 0.444. The van der Waals surface area contributed by atoms with Crippen LogP contribution in [0.1, 0.15) is 13.8 Å². The first kappa shape index (κ1) is 12.7. The Morgan fingerprint density at radius 2 is 2.44 bits per heavy atom. The summed E-state index contributed by atoms with van der Waals surface area (Å²) in [5, 5.41) is 2.78. The van der Waals surface area contributed by atoms with Gasteiger partial charge in [-0.2, -0.15) is 0 Å². The van der Waals surface area contributed by atoms with Gasteiger partial charge >= 0.3 is 5.97 Å². The van der Waals surface area contributed by atoms with E-state index in [2.05, 4.69) is 31.2 Å². The number of carbonyl (C=O) groups is 1. The zero-order valence-electron chi connectivity index (χ0n) is 8.91. The van der Waals surface area contributed by atoms with E-state index in [4.69, 9.17) is 4.74 Å². The lowest BCUT2D eigenvalue weighted by atomic mass is 10.3. The van der Waals surface area contributed by atoms with Gasteiger partial charge in [0.1, 0.15) is 16.3 Å². The van der Waals surface area contributed by atoms with Crippen LogP contribution in [-0.2, 0) is 9.53 Å². The standard InChI is InChI=1S/C9H12BrN3O3/c1-3-16-9(15)5(2)13-7-6(10)8(14)12-4-11-7/h4-5H,3H2,1-2H3,(H2,11,12,13,14). The van der Waals surface area contributed by atoms with Gasteiger partial charge in [-0.25, -0.2) is 9.78 Å². The summed E-state index contributed by atoms with van der Waals surface area (Å²) in [4.78, 5) is 28.8. The first-order valence-electron chi connectivity index (χ1n) is 4.72. The third-order valence-corrected chi connectivity index (χ3v) is 2.53. The highest BCUT2D eigenvalue weighted by atomic mass is 79.9. The molecular formula is C9H12BrN3O3. The molecule has 0 saturated carbocycles. The number of hydrogen-bond donors (Lipinski definition) is 2. The minimum absolute atomic E-state index is 0.256. The smallest absolute Gasteiger partial charge is 0.328 e. The van der Waals surface area contributed by atoms with E-state index < -0.39 is 12.0 Å². The summed E-state index contributed by atoms with van der Waals surface area (Å²) in [7, 11) is 0. The van der Waals surface area contributed by atoms with Crippen molar-refractivity contribution in [2.45, 2.75) is 19.9 Å². The molecule has 7 heteroatoms. The van der Waals surface area contributed by atoms with Gasteiger partial charge in [0.25, 0.3) is 5.56 Å². The van der Waals surface area contributed by atoms with E-state index >= 15 is 0 Å². The number of anilines is 1. The van der Waals surface area contributed by atoms with Crippen molar-refractivity contribution in [2.24, 2.45) is 0 Å². The molecule has 6 nitrogen and oxygen atoms in total. The van der Waals surface area contributed by atoms with Gasteiger partial charge in [0.05, 0.1) is 12.9 Å². The second-order valence-electron chi connectivity index (χ2n) is 3.01. The molecule has 0 radical (unpaired) electrons. The Kier molecular flexibility index (Phi) is 4.48. The normalized spacial score (nSPS) is 11.9. The number of esters is 1. The van der Waals surface area contributed by atoms with E-state index in [-0.39, 0.29) is 10.0 Å². The summed E-state index contributed by atoms with van der Waals surface area (Å²) in [6.07, 6.45) is 1.26. The number of nitrogens with one attached hydrogen (secondary N) is 2. The highest BCUT2D eigenvalue weighted by molar-refractivity contribution is 9.10. The van der Waals surface area contributed by atoms with Crippen LogP contribution < -0.4 is 10.9 Å². The van der Waals surface area contributed by atoms with Crippen LogP contribution in [0, 0.1) is 0 Å². The number of halogens is 1. The topological polar surface area (TPSA) is 84.1 Å². The van der Waals surface area contributed by atoms with E-state index in [1.165, 1.54) is 6.33 Å². The largest absolute Gasteiger partial charge is 0.464 e. The number of nitrogens with zero attached hydrogens (tertiary/aromatic N) is 1. The van der Waals surface area contributed by atoms with Gasteiger partial charge in [-0.15, -0.1) is 0 Å². The van der Waals surface area contributed by atoms with Crippen LogP contribution in [0.3, 0.4) is 0 Å². The number of H-pyrrole nitrogens is 1. The third kappa shape index (κ3) is 3.06. The minimum Gasteiger partial charge on any atom is -0.464 e. The van der Waals surface area contributed by atoms with Gasteiger partial charge in [-0.1, -0.05) is 0 Å². The average molecular weight is 290 g/mol. The molecular weight excluding hydrogens is 278 g/mol. The Bertz CT molecular complexity index is 432. The molecule has 1 unspecified atom stereocenters. The molecule has 1 atom stereocenters. The molecule has 1 aromatic rings. The van der Waals surface area contributed by atoms with Crippen molar-refractivity contribution in [2.75, 3.05) is 11.9 Å². The van der Waals surface area contributed by atoms with Gasteiger partial charge in [-0.3, -0.25) is 4.79 Å². The van der Waals surface area contributed by atoms with E-state index in [1.807, 2.05) is 0 Å². The van der Waals surface area contributed by atoms with Crippen molar-refractivity contribution >= 4 is 27.7 Å². The second kappa shape index (κ2) is 5.64. The highest BCUT2D eigenvalue weighted by Gasteiger charge is 2.16. The molecule has 1 heterocycles. The molecule has 2 N–H and O–H groups in total. The Hall–Kier alpha value is -1.37. The molecule has 1 aromatic heterocycles. The molecule has 16 heavy (non-hydrogen) atoms. The van der Waals surface area contributed by atoms with Crippen LogP contribution in [0.15, 0.2) is 15.6 Å². The molecule has 0 aliphatic carbocycles. The predicted molar refractivity (Wildman–Crippen MR) is 62.3 cm³/mol. The number of hydrogen-bond acceptors (Lipinski definition) is 5. The van der Waals surface area contributed by atoms with Crippen molar-refractivity contribution in [3.05, 3.63) is 21.2 Å². The average Bonchev–Trinajstić information content (AvgIpc) is 2.25. The van der Waals surface area contributed by atoms with Crippen LogP contribution in [0.5, 0.6) is 0 Å². The lowest BCUT2D eigenvalue weighted by Crippen LogP contribution is -2.29. The number of carbonyl (C=O) groups excluding carboxylic acids is 1. The minimum atomic E-state index is -0.564. The van der Waals surface area contributed by atoms with E-state index in [0.717, 1.165) is 0 Å². The first-order valence-corrected chi connectivity index (χ1v) is 5.52. The number of rotatable bonds is 4. The van der Waals surface area contributed by atoms with E-state index in [9.17, 15) is 9.59 Å². The van der Waals surface area contributed by atoms with E-state index in [0.29, 0.717) is 12.4 Å². The van der Waals surface area contributed by atoms with Crippen molar-refractivity contribution < 1.29 is 9.53 Å². The molecule has 0 aliphatic rings. The SMILES string of the molecule is CCOC(=O)C(C)Nc1nc[nH]c(=O)c1Br. The van der Waals surface area contributed by atoms with Gasteiger partial charge in [0.15, 0.2) is 0 Å². The zero-order chi connectivity index (χ0) is 12.1. The molecule has 0 aliphatic heterocycles. The van der Waals surface area contributed by atoms with Crippen molar-refractivity contribution in [1.82, 2.24) is 9.97 Å². The quantitative estimate of drug-likeness (QED) is 0.805. The molecule has 1 rings (SSSR count). The van der Waals surface area contributed by atoms with Crippen molar-refractivity contribution in [3.63, 3.8) is 0 Å². The van der Waals surface area contributed by atoms with Crippen molar-refractivity contribution in [3.8, 4) is 0 Å². The number of ether oxygens (including phenoxy) is 1. The summed E-state index contributed by atoms with van der Waals surface area (Å²) < 4.78 is 5.07. The highest BCUT2D eigenvalue weighted by Crippen LogP contribution is 2.14. The van der Waals surface area contributed by atoms with Gasteiger partial charge in [-0.05, 0) is 29.8 Å². The van der Waals surface area contributed by atoms with Crippen LogP contribution >= 0.6 is 15.9 Å². The summed E-state index contributed by atoms with van der Waals surface area (Å²) in [5.74, 6) is -0.0826. The predicted octanol–water partition coefficient (Wildman–Crippen LogP) is 0.896. The molecule has 0 spiro atoms. The molecule has 88 valence electrons. The van der Waals surface area contributed by atoms with Crippen LogP contribution in [-0.4, -0.2) is 28.6 Å². The third-order valence-electron chi connectivity index (χ3n) is 1.79. The van der Waals surface area contributed by atoms with Gasteiger partial charge < -0.3 is 15.0 Å². The Morgan fingerprint density at radius 3 is 3.06 bits per heavy atom.